The predicted octanol–water partition coefficient (Wildman–Crippen LogP) is 3.82. The Balaban J connectivity index is 1.98. The summed E-state index contributed by atoms with van der Waals surface area (Å²) < 4.78 is 5.08. The van der Waals surface area contributed by atoms with Gasteiger partial charge in [0.15, 0.2) is 5.78 Å². The van der Waals surface area contributed by atoms with Gasteiger partial charge < -0.3 is 4.74 Å². The smallest absolute Gasteiger partial charge is 0.321 e. The summed E-state index contributed by atoms with van der Waals surface area (Å²) in [6.07, 6.45) is 1.08. The minimum absolute atomic E-state index is 0.0426. The molecule has 0 fully saturated rings. The van der Waals surface area contributed by atoms with Crippen molar-refractivity contribution in [2.45, 2.75) is 32.6 Å². The van der Waals surface area contributed by atoms with Gasteiger partial charge in [0.1, 0.15) is 5.92 Å². The molecule has 0 saturated heterocycles. The van der Waals surface area contributed by atoms with Gasteiger partial charge in [0, 0.05) is 6.42 Å². The summed E-state index contributed by atoms with van der Waals surface area (Å²) in [5, 5.41) is 0. The van der Waals surface area contributed by atoms with Gasteiger partial charge >= 0.3 is 5.97 Å². The summed E-state index contributed by atoms with van der Waals surface area (Å²) in [6.45, 7) is 4.11. The van der Waals surface area contributed by atoms with Crippen molar-refractivity contribution in [2.75, 3.05) is 6.61 Å². The molecule has 1 atom stereocenters. The van der Waals surface area contributed by atoms with Crippen molar-refractivity contribution >= 4 is 11.8 Å². The van der Waals surface area contributed by atoms with Gasteiger partial charge in [-0.25, -0.2) is 0 Å². The quantitative estimate of drug-likeness (QED) is 0.639. The lowest BCUT2D eigenvalue weighted by molar-refractivity contribution is -0.148. The fraction of sp³-hybridized carbons (Fsp3) is 0.300. The Bertz CT molecular complexity index is 744. The van der Waals surface area contributed by atoms with Crippen molar-refractivity contribution in [2.24, 2.45) is 0 Å². The third kappa shape index (κ3) is 3.04. The molecule has 3 rings (SSSR count). The van der Waals surface area contributed by atoms with Crippen molar-refractivity contribution in [1.29, 1.82) is 0 Å². The van der Waals surface area contributed by atoms with Gasteiger partial charge in [-0.1, -0.05) is 48.0 Å². The third-order valence-corrected chi connectivity index (χ3v) is 4.32. The molecule has 3 heteroatoms. The Morgan fingerprint density at radius 2 is 1.78 bits per heavy atom. The molecular formula is C20H20O3. The first kappa shape index (κ1) is 15.5. The highest BCUT2D eigenvalue weighted by molar-refractivity contribution is 6.06. The van der Waals surface area contributed by atoms with E-state index < -0.39 is 11.9 Å². The number of aryl methyl sites for hydroxylation is 2. The molecule has 0 saturated carbocycles. The van der Waals surface area contributed by atoms with E-state index in [4.69, 9.17) is 4.74 Å². The highest BCUT2D eigenvalue weighted by Gasteiger charge is 2.34. The maximum Gasteiger partial charge on any atom is 0.321 e. The summed E-state index contributed by atoms with van der Waals surface area (Å²) in [4.78, 5) is 24.3. The second kappa shape index (κ2) is 6.37. The van der Waals surface area contributed by atoms with Crippen LogP contribution in [0.1, 0.15) is 36.0 Å². The number of fused-ring (bicyclic) bond motifs is 1. The maximum absolute atomic E-state index is 12.2. The molecule has 1 aliphatic carbocycles. The average molecular weight is 308 g/mol. The van der Waals surface area contributed by atoms with Crippen molar-refractivity contribution < 1.29 is 14.3 Å². The highest BCUT2D eigenvalue weighted by Crippen LogP contribution is 2.33. The Labute approximate surface area is 136 Å². The van der Waals surface area contributed by atoms with Gasteiger partial charge in [0.05, 0.1) is 6.61 Å². The third-order valence-electron chi connectivity index (χ3n) is 4.32. The van der Waals surface area contributed by atoms with Crippen LogP contribution >= 0.6 is 0 Å². The Morgan fingerprint density at radius 3 is 2.48 bits per heavy atom. The molecule has 0 N–H and O–H groups in total. The van der Waals surface area contributed by atoms with E-state index in [1.807, 2.05) is 12.1 Å². The van der Waals surface area contributed by atoms with Crippen LogP contribution in [-0.2, 0) is 20.7 Å². The number of esters is 1. The number of ketones is 1. The van der Waals surface area contributed by atoms with E-state index in [2.05, 4.69) is 37.3 Å². The Kier molecular flexibility index (Phi) is 4.28. The summed E-state index contributed by atoms with van der Waals surface area (Å²) in [5.74, 6) is -1.23. The molecule has 0 radical (unpaired) electrons. The predicted molar refractivity (Wildman–Crippen MR) is 89.3 cm³/mol. The van der Waals surface area contributed by atoms with E-state index in [1.165, 1.54) is 5.56 Å². The minimum atomic E-state index is -0.759. The lowest BCUT2D eigenvalue weighted by Crippen LogP contribution is -2.29. The van der Waals surface area contributed by atoms with Crippen LogP contribution in [0.2, 0.25) is 0 Å². The number of hydrogen-bond donors (Lipinski definition) is 0. The van der Waals surface area contributed by atoms with E-state index in [-0.39, 0.29) is 5.78 Å². The molecule has 118 valence electrons. The Morgan fingerprint density at radius 1 is 1.09 bits per heavy atom. The van der Waals surface area contributed by atoms with Crippen LogP contribution < -0.4 is 0 Å². The SMILES string of the molecule is CCOC(=O)C1C(=O)CCc2cc(-c3ccc(C)cc3)ccc21. The van der Waals surface area contributed by atoms with Gasteiger partial charge in [0.2, 0.25) is 0 Å². The van der Waals surface area contributed by atoms with Crippen molar-refractivity contribution in [3.63, 3.8) is 0 Å². The maximum atomic E-state index is 12.2. The number of hydrogen-bond acceptors (Lipinski definition) is 3. The van der Waals surface area contributed by atoms with Crippen LogP contribution in [0.15, 0.2) is 42.5 Å². The van der Waals surface area contributed by atoms with E-state index in [0.717, 1.165) is 22.3 Å². The molecule has 23 heavy (non-hydrogen) atoms. The van der Waals surface area contributed by atoms with Gasteiger partial charge in [-0.2, -0.15) is 0 Å². The molecule has 0 aliphatic heterocycles. The largest absolute Gasteiger partial charge is 0.465 e. The second-order valence-electron chi connectivity index (χ2n) is 5.93. The van der Waals surface area contributed by atoms with E-state index in [1.54, 1.807) is 6.92 Å². The first-order valence-corrected chi connectivity index (χ1v) is 7.99. The first-order chi connectivity index (χ1) is 11.1. The molecule has 0 aromatic heterocycles. The summed E-state index contributed by atoms with van der Waals surface area (Å²) in [5.41, 5.74) is 5.35. The molecule has 1 aliphatic rings. The number of Topliss-reactive ketones (excluding diaryl/α,β-unsaturated/α-hetero) is 1. The first-order valence-electron chi connectivity index (χ1n) is 7.99. The van der Waals surface area contributed by atoms with Crippen molar-refractivity contribution in [3.8, 4) is 11.1 Å². The lowest BCUT2D eigenvalue weighted by atomic mass is 9.80. The number of rotatable bonds is 3. The molecule has 1 unspecified atom stereocenters. The summed E-state index contributed by atoms with van der Waals surface area (Å²) >= 11 is 0. The Hall–Kier alpha value is -2.42. The van der Waals surface area contributed by atoms with E-state index >= 15 is 0 Å². The topological polar surface area (TPSA) is 43.4 Å². The lowest BCUT2D eigenvalue weighted by Gasteiger charge is -2.23. The van der Waals surface area contributed by atoms with Crippen LogP contribution in [0, 0.1) is 6.92 Å². The molecule has 0 amide bonds. The fourth-order valence-electron chi connectivity index (χ4n) is 3.09. The molecule has 0 bridgehead atoms. The number of benzene rings is 2. The zero-order valence-corrected chi connectivity index (χ0v) is 13.5. The number of carbonyl (C=O) groups is 2. The van der Waals surface area contributed by atoms with Crippen LogP contribution in [0.25, 0.3) is 11.1 Å². The monoisotopic (exact) mass is 308 g/mol. The van der Waals surface area contributed by atoms with E-state index in [9.17, 15) is 9.59 Å². The minimum Gasteiger partial charge on any atom is -0.465 e. The molecule has 3 nitrogen and oxygen atoms in total. The molecule has 2 aromatic rings. The van der Waals surface area contributed by atoms with Gasteiger partial charge in [-0.3, -0.25) is 9.59 Å². The van der Waals surface area contributed by atoms with Gasteiger partial charge in [-0.15, -0.1) is 0 Å². The van der Waals surface area contributed by atoms with Gasteiger partial charge in [0.25, 0.3) is 0 Å². The number of carbonyl (C=O) groups excluding carboxylic acids is 2. The summed E-state index contributed by atoms with van der Waals surface area (Å²) in [7, 11) is 0. The molecule has 0 spiro atoms. The normalized spacial score (nSPS) is 16.8. The molecular weight excluding hydrogens is 288 g/mol. The summed E-state index contributed by atoms with van der Waals surface area (Å²) in [6, 6.07) is 14.3. The van der Waals surface area contributed by atoms with Crippen LogP contribution in [0.5, 0.6) is 0 Å². The molecule has 2 aromatic carbocycles. The average Bonchev–Trinajstić information content (AvgIpc) is 2.55. The second-order valence-corrected chi connectivity index (χ2v) is 5.93. The fourth-order valence-corrected chi connectivity index (χ4v) is 3.09. The van der Waals surface area contributed by atoms with Crippen molar-refractivity contribution in [1.82, 2.24) is 0 Å². The van der Waals surface area contributed by atoms with Gasteiger partial charge in [-0.05, 0) is 42.5 Å². The zero-order chi connectivity index (χ0) is 16.4. The zero-order valence-electron chi connectivity index (χ0n) is 13.5. The van der Waals surface area contributed by atoms with E-state index in [0.29, 0.717) is 19.4 Å². The highest BCUT2D eigenvalue weighted by atomic mass is 16.5. The molecule has 0 heterocycles. The number of ether oxygens (including phenoxy) is 1. The van der Waals surface area contributed by atoms with Crippen LogP contribution in [-0.4, -0.2) is 18.4 Å². The van der Waals surface area contributed by atoms with Crippen LogP contribution in [0.4, 0.5) is 0 Å². The van der Waals surface area contributed by atoms with Crippen LogP contribution in [0.3, 0.4) is 0 Å². The standard InChI is InChI=1S/C20H20O3/c1-3-23-20(22)19-17-10-8-15(12-16(17)9-11-18(19)21)14-6-4-13(2)5-7-14/h4-8,10,12,19H,3,9,11H2,1-2H3. The van der Waals surface area contributed by atoms with Crippen molar-refractivity contribution in [3.05, 3.63) is 59.2 Å².